The summed E-state index contributed by atoms with van der Waals surface area (Å²) in [6.07, 6.45) is 9.51. The van der Waals surface area contributed by atoms with Crippen LogP contribution in [0.5, 0.6) is 0 Å². The Balaban J connectivity index is 0.000000165. The molecule has 1 N–H and O–H groups in total. The minimum Gasteiger partial charge on any atom is -0.373 e. The van der Waals surface area contributed by atoms with Gasteiger partial charge >= 0.3 is 0 Å². The number of anilines is 2. The highest BCUT2D eigenvalue weighted by molar-refractivity contribution is 5.88. The Morgan fingerprint density at radius 3 is 2.40 bits per heavy atom. The fourth-order valence-electron chi connectivity index (χ4n) is 4.23. The normalized spacial score (nSPS) is 14.0. The van der Waals surface area contributed by atoms with Crippen molar-refractivity contribution in [2.45, 2.75) is 19.9 Å². The molecule has 1 saturated heterocycles. The number of benzene rings is 1. The fraction of sp³-hybridized carbons (Fsp3) is 0.321. The number of hydrogen-bond donors (Lipinski definition) is 1. The van der Waals surface area contributed by atoms with E-state index in [9.17, 15) is 0 Å². The second-order valence-corrected chi connectivity index (χ2v) is 9.05. The first-order chi connectivity index (χ1) is 17.0. The van der Waals surface area contributed by atoms with E-state index < -0.39 is 0 Å². The Labute approximate surface area is 208 Å². The first-order valence-electron chi connectivity index (χ1n) is 12.1. The Kier molecular flexibility index (Phi) is 7.77. The summed E-state index contributed by atoms with van der Waals surface area (Å²) >= 11 is 0. The lowest BCUT2D eigenvalue weighted by molar-refractivity contribution is 0.209. The summed E-state index contributed by atoms with van der Waals surface area (Å²) in [6.45, 7) is 12.7. The molecule has 182 valence electrons. The molecule has 0 aliphatic carbocycles. The van der Waals surface area contributed by atoms with Crippen LogP contribution >= 0.6 is 0 Å². The molecule has 4 aromatic rings. The van der Waals surface area contributed by atoms with Gasteiger partial charge in [0, 0.05) is 75.9 Å². The Morgan fingerprint density at radius 2 is 1.74 bits per heavy atom. The van der Waals surface area contributed by atoms with Crippen LogP contribution in [0, 0.1) is 0 Å². The fourth-order valence-corrected chi connectivity index (χ4v) is 4.23. The van der Waals surface area contributed by atoms with Crippen molar-refractivity contribution in [3.8, 4) is 11.1 Å². The zero-order valence-corrected chi connectivity index (χ0v) is 21.1. The zero-order valence-electron chi connectivity index (χ0n) is 21.1. The van der Waals surface area contributed by atoms with E-state index in [2.05, 4.69) is 80.9 Å². The van der Waals surface area contributed by atoms with Crippen molar-refractivity contribution in [2.24, 2.45) is 7.05 Å². The van der Waals surface area contributed by atoms with E-state index in [0.29, 0.717) is 6.04 Å². The Morgan fingerprint density at radius 1 is 0.943 bits per heavy atom. The van der Waals surface area contributed by atoms with E-state index in [4.69, 9.17) is 0 Å². The molecular formula is C28H35N7. The molecule has 5 rings (SSSR count). The van der Waals surface area contributed by atoms with Crippen molar-refractivity contribution in [1.82, 2.24) is 24.6 Å². The van der Waals surface area contributed by atoms with Gasteiger partial charge in [0.15, 0.2) is 0 Å². The van der Waals surface area contributed by atoms with Gasteiger partial charge in [0.2, 0.25) is 0 Å². The molecule has 35 heavy (non-hydrogen) atoms. The van der Waals surface area contributed by atoms with Gasteiger partial charge < -0.3 is 10.2 Å². The van der Waals surface area contributed by atoms with E-state index in [0.717, 1.165) is 54.3 Å². The number of nitrogens with one attached hydrogen (secondary N) is 1. The average Bonchev–Trinajstić information content (AvgIpc) is 3.34. The smallest absolute Gasteiger partial charge is 0.129 e. The van der Waals surface area contributed by atoms with Crippen LogP contribution in [0.25, 0.3) is 28.0 Å². The minimum absolute atomic E-state index is 0.643. The van der Waals surface area contributed by atoms with Gasteiger partial charge in [0.25, 0.3) is 0 Å². The maximum absolute atomic E-state index is 4.44. The number of hydrogen-bond acceptors (Lipinski definition) is 6. The van der Waals surface area contributed by atoms with Gasteiger partial charge in [-0.15, -0.1) is 0 Å². The molecule has 1 aromatic carbocycles. The monoisotopic (exact) mass is 469 g/mol. The van der Waals surface area contributed by atoms with Crippen LogP contribution in [0.4, 0.5) is 11.6 Å². The molecule has 0 bridgehead atoms. The third-order valence-electron chi connectivity index (χ3n) is 6.39. The first kappa shape index (κ1) is 24.4. The lowest BCUT2D eigenvalue weighted by Gasteiger charge is -2.37. The van der Waals surface area contributed by atoms with Crippen molar-refractivity contribution >= 4 is 28.5 Å². The van der Waals surface area contributed by atoms with E-state index in [-0.39, 0.29) is 0 Å². The van der Waals surface area contributed by atoms with E-state index >= 15 is 0 Å². The summed E-state index contributed by atoms with van der Waals surface area (Å²) in [4.78, 5) is 13.6. The summed E-state index contributed by atoms with van der Waals surface area (Å²) in [5.41, 5.74) is 3.44. The largest absolute Gasteiger partial charge is 0.373 e. The number of aromatic nitrogens is 4. The molecule has 0 atom stereocenters. The minimum atomic E-state index is 0.643. The maximum atomic E-state index is 4.44. The van der Waals surface area contributed by atoms with Crippen LogP contribution in [0.15, 0.2) is 67.8 Å². The van der Waals surface area contributed by atoms with Gasteiger partial charge in [-0.25, -0.2) is 9.97 Å². The summed E-state index contributed by atoms with van der Waals surface area (Å²) in [7, 11) is 3.80. The van der Waals surface area contributed by atoms with Crippen molar-refractivity contribution in [2.75, 3.05) is 43.4 Å². The van der Waals surface area contributed by atoms with E-state index in [1.54, 1.807) is 0 Å². The molecule has 4 heterocycles. The van der Waals surface area contributed by atoms with Gasteiger partial charge in [-0.3, -0.25) is 9.58 Å². The van der Waals surface area contributed by atoms with Crippen molar-refractivity contribution in [1.29, 1.82) is 0 Å². The molecule has 0 spiro atoms. The number of pyridine rings is 2. The quantitative estimate of drug-likeness (QED) is 0.447. The molecule has 0 saturated carbocycles. The molecule has 7 nitrogen and oxygen atoms in total. The first-order valence-corrected chi connectivity index (χ1v) is 12.1. The number of aryl methyl sites for hydroxylation is 1. The standard InChI is InChI=1S/C14H14N4.C14H21N3/c1-15-14-6-12-5-10(3-4-11(12)7-16-14)13-8-17-18(2)9-13;1-4-13-5-6-15-14(11-13)17-9-7-16(8-10-17)12(2)3/h3-9H,1-2H3,(H,15,16);4-6,11-12H,1,7-10H2,2-3H3. The highest BCUT2D eigenvalue weighted by Gasteiger charge is 2.19. The summed E-state index contributed by atoms with van der Waals surface area (Å²) in [5.74, 6) is 1.96. The number of piperazine rings is 1. The topological polar surface area (TPSA) is 62.1 Å². The number of rotatable bonds is 5. The molecule has 1 fully saturated rings. The molecular weight excluding hydrogens is 434 g/mol. The predicted molar refractivity (Wildman–Crippen MR) is 147 cm³/mol. The SMILES string of the molecule is C=Cc1ccnc(N2CCN(C(C)C)CC2)c1.CNc1cc2cc(-c3cnn(C)c3)ccc2cn1. The zero-order chi connectivity index (χ0) is 24.8. The Bertz CT molecular complexity index is 1270. The number of fused-ring (bicyclic) bond motifs is 1. The van der Waals surface area contributed by atoms with Crippen molar-refractivity contribution in [3.05, 3.63) is 73.3 Å². The molecule has 1 aliphatic heterocycles. The third-order valence-corrected chi connectivity index (χ3v) is 6.39. The maximum Gasteiger partial charge on any atom is 0.129 e. The highest BCUT2D eigenvalue weighted by atomic mass is 15.3. The van der Waals surface area contributed by atoms with Crippen LogP contribution in [0.3, 0.4) is 0 Å². The molecule has 1 aliphatic rings. The molecule has 0 unspecified atom stereocenters. The predicted octanol–water partition coefficient (Wildman–Crippen LogP) is 4.93. The second kappa shape index (κ2) is 11.1. The molecule has 0 radical (unpaired) electrons. The highest BCUT2D eigenvalue weighted by Crippen LogP contribution is 2.25. The summed E-state index contributed by atoms with van der Waals surface area (Å²) < 4.78 is 1.81. The van der Waals surface area contributed by atoms with Gasteiger partial charge in [-0.05, 0) is 54.6 Å². The van der Waals surface area contributed by atoms with Crippen LogP contribution in [0.1, 0.15) is 19.4 Å². The van der Waals surface area contributed by atoms with Gasteiger partial charge in [-0.1, -0.05) is 24.8 Å². The van der Waals surface area contributed by atoms with Crippen molar-refractivity contribution in [3.63, 3.8) is 0 Å². The Hall–Kier alpha value is -3.71. The van der Waals surface area contributed by atoms with Crippen LogP contribution in [-0.4, -0.2) is 63.9 Å². The lowest BCUT2D eigenvalue weighted by atomic mass is 10.1. The van der Waals surface area contributed by atoms with Crippen LogP contribution in [-0.2, 0) is 7.05 Å². The molecule has 3 aromatic heterocycles. The van der Waals surface area contributed by atoms with Crippen LogP contribution < -0.4 is 10.2 Å². The van der Waals surface area contributed by atoms with Gasteiger partial charge in [0.1, 0.15) is 11.6 Å². The lowest BCUT2D eigenvalue weighted by Crippen LogP contribution is -2.49. The average molecular weight is 470 g/mol. The second-order valence-electron chi connectivity index (χ2n) is 9.05. The van der Waals surface area contributed by atoms with Gasteiger partial charge in [0.05, 0.1) is 6.20 Å². The third kappa shape index (κ3) is 6.05. The summed E-state index contributed by atoms with van der Waals surface area (Å²) in [6, 6.07) is 13.1. The van der Waals surface area contributed by atoms with E-state index in [1.165, 1.54) is 10.9 Å². The van der Waals surface area contributed by atoms with E-state index in [1.807, 2.05) is 55.7 Å². The molecule has 7 heteroatoms. The van der Waals surface area contributed by atoms with Crippen LogP contribution in [0.2, 0.25) is 0 Å². The molecule has 0 amide bonds. The number of nitrogens with zero attached hydrogens (tertiary/aromatic N) is 6. The van der Waals surface area contributed by atoms with Gasteiger partial charge in [-0.2, -0.15) is 5.10 Å². The van der Waals surface area contributed by atoms with Crippen molar-refractivity contribution < 1.29 is 0 Å². The summed E-state index contributed by atoms with van der Waals surface area (Å²) in [5, 5.41) is 9.57.